The second kappa shape index (κ2) is 3.43. The molecule has 1 atom stereocenters. The normalized spacial score (nSPS) is 20.2. The van der Waals surface area contributed by atoms with Crippen LogP contribution in [0, 0.1) is 6.92 Å². The van der Waals surface area contributed by atoms with Gasteiger partial charge in [0, 0.05) is 0 Å². The fourth-order valence-electron chi connectivity index (χ4n) is 1.84. The minimum atomic E-state index is 0.122. The number of aromatic nitrogens is 1. The maximum atomic E-state index is 5.56. The summed E-state index contributed by atoms with van der Waals surface area (Å²) < 4.78 is 6.81. The van der Waals surface area contributed by atoms with E-state index in [1.807, 2.05) is 6.92 Å². The van der Waals surface area contributed by atoms with Crippen molar-refractivity contribution in [2.75, 3.05) is 6.61 Å². The van der Waals surface area contributed by atoms with Crippen molar-refractivity contribution in [2.24, 2.45) is 0 Å². The summed E-state index contributed by atoms with van der Waals surface area (Å²) in [4.78, 5) is 4.48. The number of thiazole rings is 1. The van der Waals surface area contributed by atoms with E-state index in [2.05, 4.69) is 35.3 Å². The highest BCUT2D eigenvalue weighted by Crippen LogP contribution is 2.28. The SMILES string of the molecule is Cc1nc2cc(C3C=CCO3)ccc2s1. The van der Waals surface area contributed by atoms with Crippen molar-refractivity contribution in [1.29, 1.82) is 0 Å². The van der Waals surface area contributed by atoms with Crippen LogP contribution in [0.1, 0.15) is 16.7 Å². The molecule has 76 valence electrons. The molecule has 0 radical (unpaired) electrons. The molecule has 3 heteroatoms. The van der Waals surface area contributed by atoms with Gasteiger partial charge in [0.15, 0.2) is 0 Å². The average Bonchev–Trinajstić information content (AvgIpc) is 2.82. The summed E-state index contributed by atoms with van der Waals surface area (Å²) in [6, 6.07) is 6.38. The van der Waals surface area contributed by atoms with Gasteiger partial charge in [0.2, 0.25) is 0 Å². The first kappa shape index (κ1) is 9.07. The van der Waals surface area contributed by atoms with Crippen LogP contribution in [0.5, 0.6) is 0 Å². The third-order valence-corrected chi connectivity index (χ3v) is 3.48. The molecule has 2 aromatic rings. The maximum Gasteiger partial charge on any atom is 0.101 e. The molecule has 0 bridgehead atoms. The molecule has 3 rings (SSSR count). The summed E-state index contributed by atoms with van der Waals surface area (Å²) in [6.07, 6.45) is 4.28. The van der Waals surface area contributed by atoms with Gasteiger partial charge in [-0.2, -0.15) is 0 Å². The fraction of sp³-hybridized carbons (Fsp3) is 0.250. The van der Waals surface area contributed by atoms with E-state index in [-0.39, 0.29) is 6.10 Å². The summed E-state index contributed by atoms with van der Waals surface area (Å²) in [6.45, 7) is 2.76. The predicted molar refractivity (Wildman–Crippen MR) is 62.2 cm³/mol. The minimum Gasteiger partial charge on any atom is -0.365 e. The Kier molecular flexibility index (Phi) is 2.08. The number of hydrogen-bond acceptors (Lipinski definition) is 3. The lowest BCUT2D eigenvalue weighted by molar-refractivity contribution is 0.129. The Morgan fingerprint density at radius 1 is 1.47 bits per heavy atom. The third-order valence-electron chi connectivity index (χ3n) is 2.53. The highest BCUT2D eigenvalue weighted by atomic mass is 32.1. The van der Waals surface area contributed by atoms with Crippen molar-refractivity contribution in [2.45, 2.75) is 13.0 Å². The van der Waals surface area contributed by atoms with Gasteiger partial charge in [-0.05, 0) is 24.6 Å². The average molecular weight is 217 g/mol. The van der Waals surface area contributed by atoms with Gasteiger partial charge < -0.3 is 4.74 Å². The van der Waals surface area contributed by atoms with E-state index in [9.17, 15) is 0 Å². The quantitative estimate of drug-likeness (QED) is 0.684. The number of aryl methyl sites for hydroxylation is 1. The van der Waals surface area contributed by atoms with Crippen LogP contribution in [-0.4, -0.2) is 11.6 Å². The fourth-order valence-corrected chi connectivity index (χ4v) is 2.65. The molecule has 0 amide bonds. The number of rotatable bonds is 1. The summed E-state index contributed by atoms with van der Waals surface area (Å²) >= 11 is 1.73. The van der Waals surface area contributed by atoms with Crippen molar-refractivity contribution < 1.29 is 4.74 Å². The number of benzene rings is 1. The first-order valence-corrected chi connectivity index (χ1v) is 5.80. The largest absolute Gasteiger partial charge is 0.365 e. The van der Waals surface area contributed by atoms with E-state index in [0.717, 1.165) is 17.1 Å². The van der Waals surface area contributed by atoms with Gasteiger partial charge in [-0.1, -0.05) is 18.2 Å². The van der Waals surface area contributed by atoms with Gasteiger partial charge in [-0.3, -0.25) is 0 Å². The van der Waals surface area contributed by atoms with Crippen LogP contribution in [0.25, 0.3) is 10.2 Å². The summed E-state index contributed by atoms with van der Waals surface area (Å²) in [7, 11) is 0. The molecule has 0 fully saturated rings. The van der Waals surface area contributed by atoms with Gasteiger partial charge in [-0.25, -0.2) is 4.98 Å². The van der Waals surface area contributed by atoms with Crippen LogP contribution >= 0.6 is 11.3 Å². The molecule has 0 aliphatic carbocycles. The zero-order chi connectivity index (χ0) is 10.3. The van der Waals surface area contributed by atoms with Crippen LogP contribution < -0.4 is 0 Å². The zero-order valence-corrected chi connectivity index (χ0v) is 9.25. The van der Waals surface area contributed by atoms with Crippen molar-refractivity contribution in [3.05, 3.63) is 40.9 Å². The van der Waals surface area contributed by atoms with Gasteiger partial charge in [-0.15, -0.1) is 11.3 Å². The van der Waals surface area contributed by atoms with Crippen LogP contribution in [0.2, 0.25) is 0 Å². The molecule has 15 heavy (non-hydrogen) atoms. The van der Waals surface area contributed by atoms with Gasteiger partial charge in [0.1, 0.15) is 6.10 Å². The second-order valence-corrected chi connectivity index (χ2v) is 4.88. The van der Waals surface area contributed by atoms with Crippen molar-refractivity contribution in [3.8, 4) is 0 Å². The first-order chi connectivity index (χ1) is 7.33. The van der Waals surface area contributed by atoms with E-state index >= 15 is 0 Å². The highest BCUT2D eigenvalue weighted by Gasteiger charge is 2.13. The zero-order valence-electron chi connectivity index (χ0n) is 8.43. The molecular formula is C12H11NOS. The molecule has 1 aromatic carbocycles. The molecule has 1 aromatic heterocycles. The third kappa shape index (κ3) is 1.58. The molecule has 0 spiro atoms. The Bertz CT molecular complexity index is 529. The van der Waals surface area contributed by atoms with Crippen molar-refractivity contribution >= 4 is 21.6 Å². The molecule has 1 aliphatic heterocycles. The molecule has 0 N–H and O–H groups in total. The lowest BCUT2D eigenvalue weighted by atomic mass is 10.1. The van der Waals surface area contributed by atoms with E-state index in [1.54, 1.807) is 11.3 Å². The first-order valence-electron chi connectivity index (χ1n) is 4.98. The van der Waals surface area contributed by atoms with Crippen LogP contribution in [-0.2, 0) is 4.74 Å². The second-order valence-electron chi connectivity index (χ2n) is 3.64. The minimum absolute atomic E-state index is 0.122. The highest BCUT2D eigenvalue weighted by molar-refractivity contribution is 7.18. The van der Waals surface area contributed by atoms with Crippen LogP contribution in [0.3, 0.4) is 0 Å². The Morgan fingerprint density at radius 2 is 2.40 bits per heavy atom. The Hall–Kier alpha value is -1.19. The molecule has 2 heterocycles. The maximum absolute atomic E-state index is 5.56. The van der Waals surface area contributed by atoms with Gasteiger partial charge in [0.05, 0.1) is 21.8 Å². The van der Waals surface area contributed by atoms with Crippen molar-refractivity contribution in [1.82, 2.24) is 4.98 Å². The van der Waals surface area contributed by atoms with E-state index in [4.69, 9.17) is 4.74 Å². The van der Waals surface area contributed by atoms with E-state index < -0.39 is 0 Å². The van der Waals surface area contributed by atoms with Gasteiger partial charge >= 0.3 is 0 Å². The molecule has 1 aliphatic rings. The summed E-state index contributed by atoms with van der Waals surface area (Å²) in [5.74, 6) is 0. The predicted octanol–water partition coefficient (Wildman–Crippen LogP) is 3.23. The number of nitrogens with zero attached hydrogens (tertiary/aromatic N) is 1. The van der Waals surface area contributed by atoms with E-state index in [1.165, 1.54) is 10.3 Å². The molecule has 1 unspecified atom stereocenters. The monoisotopic (exact) mass is 217 g/mol. The van der Waals surface area contributed by atoms with Crippen LogP contribution in [0.4, 0.5) is 0 Å². The topological polar surface area (TPSA) is 22.1 Å². The summed E-state index contributed by atoms with van der Waals surface area (Å²) in [5.41, 5.74) is 2.28. The smallest absolute Gasteiger partial charge is 0.101 e. The lowest BCUT2D eigenvalue weighted by Crippen LogP contribution is -1.94. The van der Waals surface area contributed by atoms with Crippen LogP contribution in [0.15, 0.2) is 30.4 Å². The number of ether oxygens (including phenoxy) is 1. The van der Waals surface area contributed by atoms with E-state index in [0.29, 0.717) is 0 Å². The molecular weight excluding hydrogens is 206 g/mol. The standard InChI is InChI=1S/C12H11NOS/c1-8-13-10-7-9(4-5-12(10)15-8)11-3-2-6-14-11/h2-5,7,11H,6H2,1H3. The Balaban J connectivity index is 2.08. The van der Waals surface area contributed by atoms with Crippen molar-refractivity contribution in [3.63, 3.8) is 0 Å². The molecule has 2 nitrogen and oxygen atoms in total. The lowest BCUT2D eigenvalue weighted by Gasteiger charge is -2.07. The number of fused-ring (bicyclic) bond motifs is 1. The Morgan fingerprint density at radius 3 is 3.20 bits per heavy atom. The summed E-state index contributed by atoms with van der Waals surface area (Å²) in [5, 5.41) is 1.12. The molecule has 0 saturated carbocycles. The Labute approximate surface area is 92.2 Å². The van der Waals surface area contributed by atoms with Gasteiger partial charge in [0.25, 0.3) is 0 Å². The molecule has 0 saturated heterocycles. The number of hydrogen-bond donors (Lipinski definition) is 0.